The van der Waals surface area contributed by atoms with E-state index in [0.717, 1.165) is 19.4 Å². The highest BCUT2D eigenvalue weighted by atomic mass is 16.5. The first-order valence-electron chi connectivity index (χ1n) is 6.47. The van der Waals surface area contributed by atoms with Gasteiger partial charge >= 0.3 is 5.97 Å². The highest BCUT2D eigenvalue weighted by Gasteiger charge is 2.15. The summed E-state index contributed by atoms with van der Waals surface area (Å²) in [5.41, 5.74) is 0. The molecule has 0 radical (unpaired) electrons. The lowest BCUT2D eigenvalue weighted by molar-refractivity contribution is -0.143. The maximum atomic E-state index is 11.4. The Bertz CT molecular complexity index is 265. The molecule has 0 bridgehead atoms. The quantitative estimate of drug-likeness (QED) is 0.467. The van der Waals surface area contributed by atoms with Gasteiger partial charge in [0.2, 0.25) is 5.91 Å². The van der Waals surface area contributed by atoms with Crippen LogP contribution in [0.1, 0.15) is 26.2 Å². The molecule has 1 amide bonds. The van der Waals surface area contributed by atoms with E-state index in [9.17, 15) is 9.59 Å². The maximum Gasteiger partial charge on any atom is 0.307 e. The molecule has 1 fully saturated rings. The Morgan fingerprint density at radius 2 is 2.28 bits per heavy atom. The number of carbonyl (C=O) groups is 2. The van der Waals surface area contributed by atoms with Crippen LogP contribution in [0.15, 0.2) is 0 Å². The Morgan fingerprint density at radius 3 is 2.94 bits per heavy atom. The number of ether oxygens (including phenoxy) is 2. The van der Waals surface area contributed by atoms with Crippen LogP contribution in [0.5, 0.6) is 0 Å². The number of esters is 1. The van der Waals surface area contributed by atoms with Gasteiger partial charge < -0.3 is 20.1 Å². The maximum absolute atomic E-state index is 11.4. The van der Waals surface area contributed by atoms with Crippen molar-refractivity contribution in [1.29, 1.82) is 0 Å². The number of amides is 1. The van der Waals surface area contributed by atoms with Crippen LogP contribution in [0, 0.1) is 0 Å². The molecule has 0 aromatic carbocycles. The van der Waals surface area contributed by atoms with Gasteiger partial charge in [0.1, 0.15) is 0 Å². The molecule has 1 atom stereocenters. The molecule has 18 heavy (non-hydrogen) atoms. The minimum absolute atomic E-state index is 0.0747. The van der Waals surface area contributed by atoms with E-state index >= 15 is 0 Å². The Labute approximate surface area is 107 Å². The van der Waals surface area contributed by atoms with Gasteiger partial charge in [0.25, 0.3) is 0 Å². The van der Waals surface area contributed by atoms with Gasteiger partial charge in [-0.2, -0.15) is 0 Å². The summed E-state index contributed by atoms with van der Waals surface area (Å²) >= 11 is 0. The molecular weight excluding hydrogens is 236 g/mol. The minimum atomic E-state index is -0.246. The van der Waals surface area contributed by atoms with Crippen molar-refractivity contribution in [2.45, 2.75) is 32.3 Å². The van der Waals surface area contributed by atoms with Crippen LogP contribution in [0.3, 0.4) is 0 Å². The smallest absolute Gasteiger partial charge is 0.307 e. The fraction of sp³-hybridized carbons (Fsp3) is 0.833. The van der Waals surface area contributed by atoms with Gasteiger partial charge in [-0.15, -0.1) is 0 Å². The second-order valence-electron chi connectivity index (χ2n) is 4.17. The molecule has 2 N–H and O–H groups in total. The Hall–Kier alpha value is -1.14. The highest BCUT2D eigenvalue weighted by molar-refractivity contribution is 5.78. The summed E-state index contributed by atoms with van der Waals surface area (Å²) in [4.78, 5) is 22.4. The number of nitrogens with one attached hydrogen (secondary N) is 2. The van der Waals surface area contributed by atoms with E-state index in [2.05, 4.69) is 10.6 Å². The third-order valence-corrected chi connectivity index (χ3v) is 2.65. The van der Waals surface area contributed by atoms with Gasteiger partial charge in [-0.25, -0.2) is 0 Å². The van der Waals surface area contributed by atoms with Crippen LogP contribution in [0.4, 0.5) is 0 Å². The molecule has 1 rings (SSSR count). The molecule has 1 aliphatic rings. The second kappa shape index (κ2) is 8.88. The molecule has 0 aromatic heterocycles. The monoisotopic (exact) mass is 258 g/mol. The van der Waals surface area contributed by atoms with Crippen LogP contribution in [0.25, 0.3) is 0 Å². The van der Waals surface area contributed by atoms with Crippen molar-refractivity contribution >= 4 is 11.9 Å². The van der Waals surface area contributed by atoms with E-state index in [1.165, 1.54) is 0 Å². The van der Waals surface area contributed by atoms with Crippen LogP contribution < -0.4 is 10.6 Å². The summed E-state index contributed by atoms with van der Waals surface area (Å²) in [6.07, 6.45) is 2.52. The van der Waals surface area contributed by atoms with Gasteiger partial charge in [0.05, 0.1) is 25.7 Å². The van der Waals surface area contributed by atoms with E-state index in [-0.39, 0.29) is 30.9 Å². The summed E-state index contributed by atoms with van der Waals surface area (Å²) in [6, 6.07) is 0. The number of hydrogen-bond donors (Lipinski definition) is 2. The zero-order chi connectivity index (χ0) is 13.2. The molecule has 6 nitrogen and oxygen atoms in total. The molecule has 1 unspecified atom stereocenters. The first kappa shape index (κ1) is 14.9. The Morgan fingerprint density at radius 1 is 1.44 bits per heavy atom. The largest absolute Gasteiger partial charge is 0.466 e. The van der Waals surface area contributed by atoms with Gasteiger partial charge in [-0.3, -0.25) is 9.59 Å². The average molecular weight is 258 g/mol. The average Bonchev–Trinajstić information content (AvgIpc) is 2.85. The van der Waals surface area contributed by atoms with E-state index in [1.54, 1.807) is 6.92 Å². The zero-order valence-electron chi connectivity index (χ0n) is 10.9. The molecule has 104 valence electrons. The molecule has 0 saturated carbocycles. The molecule has 1 saturated heterocycles. The van der Waals surface area contributed by atoms with Crippen molar-refractivity contribution in [1.82, 2.24) is 10.6 Å². The fourth-order valence-corrected chi connectivity index (χ4v) is 1.72. The Kier molecular flexibility index (Phi) is 7.36. The topological polar surface area (TPSA) is 76.7 Å². The van der Waals surface area contributed by atoms with Crippen molar-refractivity contribution in [2.75, 3.05) is 32.8 Å². The van der Waals surface area contributed by atoms with Crippen LogP contribution in [-0.4, -0.2) is 50.8 Å². The summed E-state index contributed by atoms with van der Waals surface area (Å²) < 4.78 is 10.2. The summed E-state index contributed by atoms with van der Waals surface area (Å²) in [7, 11) is 0. The zero-order valence-corrected chi connectivity index (χ0v) is 10.9. The third kappa shape index (κ3) is 6.56. The molecule has 0 aliphatic carbocycles. The number of carbonyl (C=O) groups excluding carboxylic acids is 2. The van der Waals surface area contributed by atoms with Crippen molar-refractivity contribution in [3.8, 4) is 0 Å². The predicted molar refractivity (Wildman–Crippen MR) is 66.1 cm³/mol. The minimum Gasteiger partial charge on any atom is -0.466 e. The van der Waals surface area contributed by atoms with Crippen LogP contribution in [0.2, 0.25) is 0 Å². The van der Waals surface area contributed by atoms with Crippen molar-refractivity contribution in [3.05, 3.63) is 0 Å². The molecule has 0 aromatic rings. The second-order valence-corrected chi connectivity index (χ2v) is 4.17. The molecule has 1 aliphatic heterocycles. The highest BCUT2D eigenvalue weighted by Crippen LogP contribution is 2.10. The van der Waals surface area contributed by atoms with E-state index in [4.69, 9.17) is 9.47 Å². The van der Waals surface area contributed by atoms with Gasteiger partial charge in [-0.1, -0.05) is 0 Å². The Balaban J connectivity index is 1.94. The van der Waals surface area contributed by atoms with E-state index in [1.807, 2.05) is 0 Å². The molecule has 6 heteroatoms. The lowest BCUT2D eigenvalue weighted by atomic mass is 10.2. The van der Waals surface area contributed by atoms with Crippen molar-refractivity contribution in [2.24, 2.45) is 0 Å². The van der Waals surface area contributed by atoms with E-state index in [0.29, 0.717) is 19.7 Å². The predicted octanol–water partition coefficient (Wildman–Crippen LogP) is -0.176. The van der Waals surface area contributed by atoms with E-state index < -0.39 is 0 Å². The molecular formula is C12H22N2O4. The number of rotatable bonds is 8. The summed E-state index contributed by atoms with van der Waals surface area (Å²) in [6.45, 7) is 4.18. The fourth-order valence-electron chi connectivity index (χ4n) is 1.72. The van der Waals surface area contributed by atoms with Crippen molar-refractivity contribution < 1.29 is 19.1 Å². The first-order chi connectivity index (χ1) is 8.72. The standard InChI is InChI=1S/C12H22N2O4/c1-2-17-12(16)5-6-13-9-11(15)14-8-10-4-3-7-18-10/h10,13H,2-9H2,1H3,(H,14,15). The molecule has 0 spiro atoms. The van der Waals surface area contributed by atoms with Crippen LogP contribution >= 0.6 is 0 Å². The third-order valence-electron chi connectivity index (χ3n) is 2.65. The SMILES string of the molecule is CCOC(=O)CCNCC(=O)NCC1CCCO1. The first-order valence-corrected chi connectivity index (χ1v) is 6.47. The van der Waals surface area contributed by atoms with Gasteiger partial charge in [0.15, 0.2) is 0 Å². The lowest BCUT2D eigenvalue weighted by Crippen LogP contribution is -2.38. The lowest BCUT2D eigenvalue weighted by Gasteiger charge is -2.11. The van der Waals surface area contributed by atoms with Crippen LogP contribution in [-0.2, 0) is 19.1 Å². The molecule has 1 heterocycles. The summed E-state index contributed by atoms with van der Waals surface area (Å²) in [5.74, 6) is -0.320. The van der Waals surface area contributed by atoms with Gasteiger partial charge in [0, 0.05) is 19.7 Å². The number of hydrogen-bond acceptors (Lipinski definition) is 5. The normalized spacial score (nSPS) is 18.6. The summed E-state index contributed by atoms with van der Waals surface area (Å²) in [5, 5.41) is 5.69. The van der Waals surface area contributed by atoms with Gasteiger partial charge in [-0.05, 0) is 19.8 Å². The van der Waals surface area contributed by atoms with Crippen molar-refractivity contribution in [3.63, 3.8) is 0 Å².